The van der Waals surface area contributed by atoms with Gasteiger partial charge in [-0.15, -0.1) is 0 Å². The Bertz CT molecular complexity index is 385. The molecule has 0 saturated heterocycles. The topological polar surface area (TPSA) is 50.4 Å². The summed E-state index contributed by atoms with van der Waals surface area (Å²) in [7, 11) is 0. The largest absolute Gasteiger partial charge is 0.444 e. The van der Waals surface area contributed by atoms with Crippen LogP contribution in [0.25, 0.3) is 0 Å². The van der Waals surface area contributed by atoms with Gasteiger partial charge in [0.1, 0.15) is 5.60 Å². The van der Waals surface area contributed by atoms with Crippen LogP contribution in [0.3, 0.4) is 0 Å². The molecule has 4 heteroatoms. The van der Waals surface area contributed by atoms with Crippen LogP contribution in [0.15, 0.2) is 0 Å². The molecule has 2 aliphatic rings. The van der Waals surface area contributed by atoms with Crippen LogP contribution < -0.4 is 10.6 Å². The Morgan fingerprint density at radius 2 is 1.73 bits per heavy atom. The third-order valence-electron chi connectivity index (χ3n) is 5.27. The molecule has 0 aromatic rings. The summed E-state index contributed by atoms with van der Waals surface area (Å²) in [6.45, 7) is 10.4. The van der Waals surface area contributed by atoms with Gasteiger partial charge >= 0.3 is 6.09 Å². The fraction of sp³-hybridized carbons (Fsp3) is 0.944. The zero-order valence-corrected chi connectivity index (χ0v) is 15.0. The van der Waals surface area contributed by atoms with Gasteiger partial charge in [-0.2, -0.15) is 0 Å². The summed E-state index contributed by atoms with van der Waals surface area (Å²) < 4.78 is 5.44. The van der Waals surface area contributed by atoms with Crippen molar-refractivity contribution in [2.45, 2.75) is 103 Å². The van der Waals surface area contributed by atoms with Gasteiger partial charge < -0.3 is 15.4 Å². The molecule has 0 radical (unpaired) electrons. The van der Waals surface area contributed by atoms with E-state index in [1.807, 2.05) is 20.8 Å². The first-order chi connectivity index (χ1) is 10.2. The molecule has 2 rings (SSSR count). The number of carbonyl (C=O) groups is 1. The van der Waals surface area contributed by atoms with Crippen LogP contribution >= 0.6 is 0 Å². The predicted molar refractivity (Wildman–Crippen MR) is 90.0 cm³/mol. The van der Waals surface area contributed by atoms with Crippen molar-refractivity contribution in [3.05, 3.63) is 0 Å². The lowest BCUT2D eigenvalue weighted by Crippen LogP contribution is -2.53. The predicted octanol–water partition coefficient (Wildman–Crippen LogP) is 3.99. The van der Waals surface area contributed by atoms with Crippen LogP contribution in [0, 0.1) is 5.41 Å². The lowest BCUT2D eigenvalue weighted by Gasteiger charge is -2.33. The highest BCUT2D eigenvalue weighted by Crippen LogP contribution is 2.48. The standard InChI is InChI=1S/C18H34N2O2/c1-13(18(5)11-12-18)19-14-9-7-6-8-10-15(14)20-16(21)22-17(2,3)4/h13-15,19H,6-12H2,1-5H3,(H,20,21). The van der Waals surface area contributed by atoms with Gasteiger partial charge in [0.2, 0.25) is 0 Å². The Morgan fingerprint density at radius 3 is 2.27 bits per heavy atom. The van der Waals surface area contributed by atoms with Gasteiger partial charge in [-0.1, -0.05) is 26.2 Å². The van der Waals surface area contributed by atoms with E-state index >= 15 is 0 Å². The average Bonchev–Trinajstić information content (AvgIpc) is 3.14. The molecule has 0 heterocycles. The van der Waals surface area contributed by atoms with Gasteiger partial charge in [0.05, 0.1) is 0 Å². The van der Waals surface area contributed by atoms with E-state index in [4.69, 9.17) is 4.74 Å². The van der Waals surface area contributed by atoms with Crippen molar-refractivity contribution in [3.63, 3.8) is 0 Å². The summed E-state index contributed by atoms with van der Waals surface area (Å²) in [5.41, 5.74) is 0.0231. The molecule has 2 saturated carbocycles. The maximum atomic E-state index is 12.1. The Hall–Kier alpha value is -0.770. The van der Waals surface area contributed by atoms with Gasteiger partial charge in [0, 0.05) is 18.1 Å². The van der Waals surface area contributed by atoms with Crippen LogP contribution in [-0.2, 0) is 4.74 Å². The van der Waals surface area contributed by atoms with Gasteiger partial charge in [0.25, 0.3) is 0 Å². The molecule has 3 unspecified atom stereocenters. The number of hydrogen-bond acceptors (Lipinski definition) is 3. The molecular formula is C18H34N2O2. The highest BCUT2D eigenvalue weighted by molar-refractivity contribution is 5.68. The first kappa shape index (κ1) is 17.6. The molecule has 2 aliphatic carbocycles. The van der Waals surface area contributed by atoms with Crippen molar-refractivity contribution in [1.82, 2.24) is 10.6 Å². The molecule has 2 N–H and O–H groups in total. The van der Waals surface area contributed by atoms with Gasteiger partial charge in [-0.25, -0.2) is 4.79 Å². The van der Waals surface area contributed by atoms with Crippen LogP contribution in [0.5, 0.6) is 0 Å². The summed E-state index contributed by atoms with van der Waals surface area (Å²) in [5, 5.41) is 6.93. The van der Waals surface area contributed by atoms with Crippen LogP contribution in [0.1, 0.15) is 79.6 Å². The van der Waals surface area contributed by atoms with Crippen molar-refractivity contribution in [1.29, 1.82) is 0 Å². The van der Waals surface area contributed by atoms with Crippen molar-refractivity contribution in [2.75, 3.05) is 0 Å². The fourth-order valence-corrected chi connectivity index (χ4v) is 3.29. The number of hydrogen-bond donors (Lipinski definition) is 2. The normalized spacial score (nSPS) is 29.3. The van der Waals surface area contributed by atoms with Crippen molar-refractivity contribution < 1.29 is 9.53 Å². The van der Waals surface area contributed by atoms with E-state index in [0.29, 0.717) is 17.5 Å². The summed E-state index contributed by atoms with van der Waals surface area (Å²) in [4.78, 5) is 12.1. The summed E-state index contributed by atoms with van der Waals surface area (Å²) >= 11 is 0. The Kier molecular flexibility index (Phi) is 5.41. The van der Waals surface area contributed by atoms with Crippen molar-refractivity contribution in [3.8, 4) is 0 Å². The minimum atomic E-state index is -0.438. The molecule has 0 aliphatic heterocycles. The molecule has 2 fully saturated rings. The number of amides is 1. The number of alkyl carbamates (subject to hydrolysis) is 1. The lowest BCUT2D eigenvalue weighted by atomic mass is 9.96. The molecule has 0 bridgehead atoms. The quantitative estimate of drug-likeness (QED) is 0.772. The first-order valence-corrected chi connectivity index (χ1v) is 8.95. The first-order valence-electron chi connectivity index (χ1n) is 8.95. The van der Waals surface area contributed by atoms with Gasteiger partial charge in [-0.3, -0.25) is 0 Å². The molecule has 22 heavy (non-hydrogen) atoms. The van der Waals surface area contributed by atoms with Crippen LogP contribution in [0.4, 0.5) is 4.79 Å². The lowest BCUT2D eigenvalue weighted by molar-refractivity contribution is 0.0487. The highest BCUT2D eigenvalue weighted by Gasteiger charge is 2.43. The van der Waals surface area contributed by atoms with E-state index in [0.717, 1.165) is 12.8 Å². The van der Waals surface area contributed by atoms with E-state index in [1.165, 1.54) is 32.1 Å². The zero-order valence-electron chi connectivity index (χ0n) is 15.0. The monoisotopic (exact) mass is 310 g/mol. The van der Waals surface area contributed by atoms with E-state index < -0.39 is 5.60 Å². The molecule has 0 spiro atoms. The minimum Gasteiger partial charge on any atom is -0.444 e. The summed E-state index contributed by atoms with van der Waals surface area (Å²) in [6.07, 6.45) is 8.22. The summed E-state index contributed by atoms with van der Waals surface area (Å²) in [5.74, 6) is 0. The molecule has 4 nitrogen and oxygen atoms in total. The van der Waals surface area contributed by atoms with E-state index in [1.54, 1.807) is 0 Å². The average molecular weight is 310 g/mol. The summed E-state index contributed by atoms with van der Waals surface area (Å²) in [6, 6.07) is 1.06. The minimum absolute atomic E-state index is 0.183. The van der Waals surface area contributed by atoms with Gasteiger partial charge in [0.15, 0.2) is 0 Å². The number of ether oxygens (including phenoxy) is 1. The number of nitrogens with one attached hydrogen (secondary N) is 2. The second-order valence-corrected chi connectivity index (χ2v) is 8.54. The molecule has 0 aromatic heterocycles. The van der Waals surface area contributed by atoms with Gasteiger partial charge in [-0.05, 0) is 58.8 Å². The Morgan fingerprint density at radius 1 is 1.14 bits per heavy atom. The molecule has 128 valence electrons. The second-order valence-electron chi connectivity index (χ2n) is 8.54. The number of rotatable bonds is 4. The zero-order chi connectivity index (χ0) is 16.4. The van der Waals surface area contributed by atoms with E-state index in [-0.39, 0.29) is 12.1 Å². The number of carbonyl (C=O) groups excluding carboxylic acids is 1. The Balaban J connectivity index is 1.93. The maximum absolute atomic E-state index is 12.1. The third kappa shape index (κ3) is 5.15. The van der Waals surface area contributed by atoms with E-state index in [2.05, 4.69) is 24.5 Å². The van der Waals surface area contributed by atoms with Crippen molar-refractivity contribution >= 4 is 6.09 Å². The highest BCUT2D eigenvalue weighted by atomic mass is 16.6. The van der Waals surface area contributed by atoms with Crippen LogP contribution in [-0.4, -0.2) is 29.8 Å². The smallest absolute Gasteiger partial charge is 0.407 e. The molecular weight excluding hydrogens is 276 g/mol. The molecule has 3 atom stereocenters. The Labute approximate surface area is 135 Å². The molecule has 0 aromatic carbocycles. The van der Waals surface area contributed by atoms with Crippen LogP contribution in [0.2, 0.25) is 0 Å². The SMILES string of the molecule is CC(NC1CCCCCC1NC(=O)OC(C)(C)C)C1(C)CC1. The second kappa shape index (κ2) is 6.77. The van der Waals surface area contributed by atoms with E-state index in [9.17, 15) is 4.79 Å². The van der Waals surface area contributed by atoms with Crippen molar-refractivity contribution in [2.24, 2.45) is 5.41 Å². The maximum Gasteiger partial charge on any atom is 0.407 e. The molecule has 1 amide bonds. The third-order valence-corrected chi connectivity index (χ3v) is 5.27. The fourth-order valence-electron chi connectivity index (χ4n) is 3.29.